The third-order valence-corrected chi connectivity index (χ3v) is 2.72. The highest BCUT2D eigenvalue weighted by atomic mass is 35.5. The number of nitrogens with zero attached hydrogens (tertiary/aromatic N) is 3. The molecule has 1 aromatic heterocycles. The molecule has 0 spiro atoms. The smallest absolute Gasteiger partial charge is 0.225 e. The van der Waals surface area contributed by atoms with Crippen LogP contribution >= 0.6 is 12.4 Å². The standard InChI is InChI=1S/C13H17N5O.ClH/c1-14-7-6-12(19)16-11-5-3-4-10(8-11)13-17-15-9-18(13)2;/h3-5,8-9,14H,6-7H2,1-2H3,(H,16,19);1H. The maximum atomic E-state index is 11.7. The molecule has 0 aliphatic carbocycles. The van der Waals surface area contributed by atoms with Crippen LogP contribution in [0.4, 0.5) is 5.69 Å². The van der Waals surface area contributed by atoms with E-state index in [1.165, 1.54) is 0 Å². The molecule has 0 bridgehead atoms. The van der Waals surface area contributed by atoms with Crippen LogP contribution in [-0.2, 0) is 11.8 Å². The number of carbonyl (C=O) groups is 1. The van der Waals surface area contributed by atoms with Crippen molar-refractivity contribution in [2.45, 2.75) is 6.42 Å². The molecule has 0 radical (unpaired) electrons. The van der Waals surface area contributed by atoms with Gasteiger partial charge >= 0.3 is 0 Å². The van der Waals surface area contributed by atoms with Gasteiger partial charge in [-0.05, 0) is 19.2 Å². The highest BCUT2D eigenvalue weighted by molar-refractivity contribution is 5.91. The van der Waals surface area contributed by atoms with Crippen molar-refractivity contribution in [1.29, 1.82) is 0 Å². The number of aryl methyl sites for hydroxylation is 1. The third kappa shape index (κ3) is 4.04. The van der Waals surface area contributed by atoms with Crippen molar-refractivity contribution in [1.82, 2.24) is 20.1 Å². The van der Waals surface area contributed by atoms with E-state index >= 15 is 0 Å². The Kier molecular flexibility index (Phi) is 6.14. The van der Waals surface area contributed by atoms with Crippen LogP contribution in [0.25, 0.3) is 11.4 Å². The van der Waals surface area contributed by atoms with Gasteiger partial charge in [0.05, 0.1) is 0 Å². The van der Waals surface area contributed by atoms with Crippen molar-refractivity contribution in [3.05, 3.63) is 30.6 Å². The van der Waals surface area contributed by atoms with E-state index in [1.54, 1.807) is 6.33 Å². The SMILES string of the molecule is CNCCC(=O)Nc1cccc(-c2nncn2C)c1.Cl. The topological polar surface area (TPSA) is 71.8 Å². The summed E-state index contributed by atoms with van der Waals surface area (Å²) in [4.78, 5) is 11.7. The van der Waals surface area contributed by atoms with Gasteiger partial charge in [-0.15, -0.1) is 22.6 Å². The molecule has 0 atom stereocenters. The molecule has 2 N–H and O–H groups in total. The summed E-state index contributed by atoms with van der Waals surface area (Å²) < 4.78 is 1.84. The van der Waals surface area contributed by atoms with E-state index in [9.17, 15) is 4.79 Å². The number of aromatic nitrogens is 3. The molecule has 1 aromatic carbocycles. The number of benzene rings is 1. The molecule has 2 rings (SSSR count). The zero-order valence-electron chi connectivity index (χ0n) is 11.5. The number of hydrogen-bond acceptors (Lipinski definition) is 4. The van der Waals surface area contributed by atoms with Crippen molar-refractivity contribution in [3.63, 3.8) is 0 Å². The normalized spacial score (nSPS) is 9.90. The summed E-state index contributed by atoms with van der Waals surface area (Å²) in [7, 11) is 3.70. The van der Waals surface area contributed by atoms with Crippen molar-refractivity contribution < 1.29 is 4.79 Å². The minimum Gasteiger partial charge on any atom is -0.326 e. The van der Waals surface area contributed by atoms with E-state index in [-0.39, 0.29) is 18.3 Å². The van der Waals surface area contributed by atoms with Crippen molar-refractivity contribution in [2.75, 3.05) is 18.9 Å². The third-order valence-electron chi connectivity index (χ3n) is 2.72. The Hall–Kier alpha value is -1.92. The van der Waals surface area contributed by atoms with E-state index in [2.05, 4.69) is 20.8 Å². The molecule has 0 aliphatic rings. The van der Waals surface area contributed by atoms with Gasteiger partial charge in [-0.1, -0.05) is 12.1 Å². The van der Waals surface area contributed by atoms with Gasteiger partial charge in [0.1, 0.15) is 6.33 Å². The molecule has 20 heavy (non-hydrogen) atoms. The molecule has 6 nitrogen and oxygen atoms in total. The van der Waals surface area contributed by atoms with Crippen molar-refractivity contribution in [2.24, 2.45) is 7.05 Å². The van der Waals surface area contributed by atoms with Crippen molar-refractivity contribution >= 4 is 24.0 Å². The molecular formula is C13H18ClN5O. The van der Waals surface area contributed by atoms with Gasteiger partial charge in [-0.2, -0.15) is 0 Å². The monoisotopic (exact) mass is 295 g/mol. The molecule has 2 aromatic rings. The minimum atomic E-state index is -0.00975. The molecule has 0 unspecified atom stereocenters. The van der Waals surface area contributed by atoms with Crippen molar-refractivity contribution in [3.8, 4) is 11.4 Å². The van der Waals surface area contributed by atoms with Crippen LogP contribution < -0.4 is 10.6 Å². The molecule has 0 saturated carbocycles. The van der Waals surface area contributed by atoms with Crippen LogP contribution in [0.3, 0.4) is 0 Å². The van der Waals surface area contributed by atoms with Crippen LogP contribution in [0.1, 0.15) is 6.42 Å². The summed E-state index contributed by atoms with van der Waals surface area (Å²) in [5, 5.41) is 13.7. The Labute approximate surface area is 124 Å². The fraction of sp³-hybridized carbons (Fsp3) is 0.308. The molecule has 0 saturated heterocycles. The highest BCUT2D eigenvalue weighted by Gasteiger charge is 2.06. The van der Waals surface area contributed by atoms with Gasteiger partial charge in [0.15, 0.2) is 5.82 Å². The fourth-order valence-corrected chi connectivity index (χ4v) is 1.74. The second kappa shape index (κ2) is 7.62. The molecular weight excluding hydrogens is 278 g/mol. The van der Waals surface area contributed by atoms with Crippen LogP contribution in [0, 0.1) is 0 Å². The number of amides is 1. The molecule has 0 aliphatic heterocycles. The fourth-order valence-electron chi connectivity index (χ4n) is 1.74. The quantitative estimate of drug-likeness (QED) is 0.876. The average Bonchev–Trinajstić information content (AvgIpc) is 2.83. The first-order valence-electron chi connectivity index (χ1n) is 6.09. The zero-order chi connectivity index (χ0) is 13.7. The minimum absolute atomic E-state index is 0. The number of hydrogen-bond donors (Lipinski definition) is 2. The zero-order valence-corrected chi connectivity index (χ0v) is 12.3. The Morgan fingerprint density at radius 3 is 2.85 bits per heavy atom. The largest absolute Gasteiger partial charge is 0.326 e. The second-order valence-electron chi connectivity index (χ2n) is 4.25. The number of nitrogens with one attached hydrogen (secondary N) is 2. The Bertz CT molecular complexity index is 569. The second-order valence-corrected chi connectivity index (χ2v) is 4.25. The number of halogens is 1. The van der Waals surface area contributed by atoms with Gasteiger partial charge in [-0.3, -0.25) is 4.79 Å². The molecule has 7 heteroatoms. The predicted molar refractivity (Wildman–Crippen MR) is 80.9 cm³/mol. The van der Waals surface area contributed by atoms with Gasteiger partial charge in [0, 0.05) is 31.3 Å². The van der Waals surface area contributed by atoms with Gasteiger partial charge in [0.25, 0.3) is 0 Å². The summed E-state index contributed by atoms with van der Waals surface area (Å²) in [5.41, 5.74) is 1.69. The average molecular weight is 296 g/mol. The van der Waals surface area contributed by atoms with Crippen LogP contribution in [0.2, 0.25) is 0 Å². The number of anilines is 1. The van der Waals surface area contributed by atoms with Crippen LogP contribution in [0.15, 0.2) is 30.6 Å². The van der Waals surface area contributed by atoms with E-state index in [1.807, 2.05) is 42.9 Å². The first-order chi connectivity index (χ1) is 9.20. The summed E-state index contributed by atoms with van der Waals surface area (Å²) in [6, 6.07) is 7.57. The van der Waals surface area contributed by atoms with E-state index < -0.39 is 0 Å². The summed E-state index contributed by atoms with van der Waals surface area (Å²) >= 11 is 0. The highest BCUT2D eigenvalue weighted by Crippen LogP contribution is 2.20. The van der Waals surface area contributed by atoms with Crippen LogP contribution in [0.5, 0.6) is 0 Å². The summed E-state index contributed by atoms with van der Waals surface area (Å²) in [6.07, 6.45) is 2.10. The summed E-state index contributed by atoms with van der Waals surface area (Å²) in [5.74, 6) is 0.760. The lowest BCUT2D eigenvalue weighted by molar-refractivity contribution is -0.116. The molecule has 1 amide bonds. The maximum Gasteiger partial charge on any atom is 0.225 e. The van der Waals surface area contributed by atoms with Crippen LogP contribution in [-0.4, -0.2) is 34.3 Å². The maximum absolute atomic E-state index is 11.7. The van der Waals surface area contributed by atoms with E-state index in [0.717, 1.165) is 17.1 Å². The Morgan fingerprint density at radius 1 is 1.40 bits per heavy atom. The lowest BCUT2D eigenvalue weighted by Gasteiger charge is -2.07. The number of rotatable bonds is 5. The van der Waals surface area contributed by atoms with Gasteiger partial charge in [-0.25, -0.2) is 0 Å². The van der Waals surface area contributed by atoms with E-state index in [4.69, 9.17) is 0 Å². The lowest BCUT2D eigenvalue weighted by Crippen LogP contribution is -2.18. The number of carbonyl (C=O) groups excluding carboxylic acids is 1. The molecule has 0 fully saturated rings. The summed E-state index contributed by atoms with van der Waals surface area (Å²) in [6.45, 7) is 0.662. The Morgan fingerprint density at radius 2 is 2.20 bits per heavy atom. The lowest BCUT2D eigenvalue weighted by atomic mass is 10.2. The Balaban J connectivity index is 0.00000200. The first-order valence-corrected chi connectivity index (χ1v) is 6.09. The van der Waals surface area contributed by atoms with Gasteiger partial charge < -0.3 is 15.2 Å². The van der Waals surface area contributed by atoms with E-state index in [0.29, 0.717) is 13.0 Å². The predicted octanol–water partition coefficient (Wildman–Crippen LogP) is 1.45. The van der Waals surface area contributed by atoms with Gasteiger partial charge in [0.2, 0.25) is 5.91 Å². The molecule has 1 heterocycles. The molecule has 108 valence electrons. The first kappa shape index (κ1) is 16.1.